The maximum atomic E-state index is 3.57. The molecule has 0 aromatic rings. The fourth-order valence-electron chi connectivity index (χ4n) is 0.204. The highest BCUT2D eigenvalue weighted by atomic mass is 28.1. The van der Waals surface area contributed by atoms with E-state index in [0.717, 1.165) is 0 Å². The summed E-state index contributed by atoms with van der Waals surface area (Å²) >= 11 is 0. The van der Waals surface area contributed by atoms with Gasteiger partial charge in [0.05, 0.1) is 0 Å². The van der Waals surface area contributed by atoms with Crippen LogP contribution in [0.4, 0.5) is 0 Å². The van der Waals surface area contributed by atoms with E-state index in [0.29, 0.717) is 0 Å². The molecule has 0 aliphatic rings. The molecule has 0 bridgehead atoms. The zero-order valence-corrected chi connectivity index (χ0v) is 5.70. The van der Waals surface area contributed by atoms with Gasteiger partial charge >= 0.3 is 0 Å². The first-order valence-corrected chi connectivity index (χ1v) is 3.44. The van der Waals surface area contributed by atoms with Crippen LogP contribution >= 0.6 is 0 Å². The van der Waals surface area contributed by atoms with Crippen molar-refractivity contribution in [3.8, 4) is 0 Å². The Hall–Kier alpha value is -0.0431. The van der Waals surface area contributed by atoms with Crippen molar-refractivity contribution in [3.63, 3.8) is 0 Å². The fourth-order valence-corrected chi connectivity index (χ4v) is 0.612. The molecule has 5 heavy (non-hydrogen) atoms. The van der Waals surface area contributed by atoms with Gasteiger partial charge in [-0.25, -0.2) is 0 Å². The van der Waals surface area contributed by atoms with Crippen LogP contribution in [0.3, 0.4) is 0 Å². The van der Waals surface area contributed by atoms with Gasteiger partial charge in [-0.05, 0) is 6.42 Å². The second-order valence-corrected chi connectivity index (χ2v) is 2.08. The molecule has 0 heterocycles. The predicted molar refractivity (Wildman–Crippen MR) is 29.6 cm³/mol. The summed E-state index contributed by atoms with van der Waals surface area (Å²) in [5.41, 5.74) is 0. The second kappa shape index (κ2) is 3.96. The predicted octanol–water partition coefficient (Wildman–Crippen LogP) is 0.346. The summed E-state index contributed by atoms with van der Waals surface area (Å²) in [4.78, 5) is 0. The number of allylic oxidation sites excluding steroid dienone is 1. The molecule has 0 rings (SSSR count). The minimum atomic E-state index is 1.21. The molecule has 0 amide bonds. The van der Waals surface area contributed by atoms with E-state index in [2.05, 4.69) is 6.58 Å². The van der Waals surface area contributed by atoms with E-state index in [1.54, 1.807) is 0 Å². The maximum absolute atomic E-state index is 3.57. The Morgan fingerprint density at radius 1 is 1.80 bits per heavy atom. The van der Waals surface area contributed by atoms with E-state index in [1.807, 2.05) is 6.08 Å². The average Bonchev–Trinajstić information content (AvgIpc) is 1.41. The van der Waals surface area contributed by atoms with E-state index in [4.69, 9.17) is 0 Å². The molecule has 0 aromatic heterocycles. The Morgan fingerprint density at radius 3 is 2.40 bits per heavy atom. The van der Waals surface area contributed by atoms with Crippen LogP contribution in [-0.4, -0.2) is 10.2 Å². The van der Waals surface area contributed by atoms with Gasteiger partial charge in [-0.3, -0.25) is 0 Å². The third kappa shape index (κ3) is 3.96. The van der Waals surface area contributed by atoms with Crippen LogP contribution in [0.2, 0.25) is 6.04 Å². The highest BCUT2D eigenvalue weighted by Gasteiger charge is 1.62. The largest absolute Gasteiger partial charge is 0.103 e. The minimum Gasteiger partial charge on any atom is -0.103 e. The lowest BCUT2D eigenvalue weighted by Crippen LogP contribution is -1.58. The Bertz CT molecular complexity index is 24.8. The lowest BCUT2D eigenvalue weighted by molar-refractivity contribution is 1.22. The standard InChI is InChI=1S/C4H10Si/c1-2-3-4-5/h2H,1,3-4H2,5H3. The molecule has 0 N–H and O–H groups in total. The van der Waals surface area contributed by atoms with Crippen LogP contribution in [0.25, 0.3) is 0 Å². The topological polar surface area (TPSA) is 0 Å². The molecule has 30 valence electrons. The monoisotopic (exact) mass is 86.1 g/mol. The summed E-state index contributed by atoms with van der Waals surface area (Å²) in [6.07, 6.45) is 3.18. The Balaban J connectivity index is 2.40. The fraction of sp³-hybridized carbons (Fsp3) is 0.500. The summed E-state index contributed by atoms with van der Waals surface area (Å²) in [7, 11) is 1.33. The van der Waals surface area contributed by atoms with Gasteiger partial charge in [0.15, 0.2) is 0 Å². The van der Waals surface area contributed by atoms with Crippen LogP contribution in [0.1, 0.15) is 6.42 Å². The van der Waals surface area contributed by atoms with Crippen LogP contribution in [0.15, 0.2) is 12.7 Å². The lowest BCUT2D eigenvalue weighted by Gasteiger charge is -1.72. The SMILES string of the molecule is C=CCC[SiH3]. The normalized spacial score (nSPS) is 8.00. The molecule has 0 aliphatic heterocycles. The second-order valence-electron chi connectivity index (χ2n) is 1.08. The first kappa shape index (κ1) is 4.96. The number of hydrogen-bond acceptors (Lipinski definition) is 0. The van der Waals surface area contributed by atoms with Crippen LogP contribution in [0.5, 0.6) is 0 Å². The van der Waals surface area contributed by atoms with Gasteiger partial charge < -0.3 is 0 Å². The van der Waals surface area contributed by atoms with Crippen LogP contribution < -0.4 is 0 Å². The number of hydrogen-bond donors (Lipinski definition) is 0. The van der Waals surface area contributed by atoms with Crippen molar-refractivity contribution >= 4 is 10.2 Å². The van der Waals surface area contributed by atoms with Crippen molar-refractivity contribution in [3.05, 3.63) is 12.7 Å². The van der Waals surface area contributed by atoms with Gasteiger partial charge in [-0.2, -0.15) is 0 Å². The molecule has 0 nitrogen and oxygen atoms in total. The summed E-state index contributed by atoms with van der Waals surface area (Å²) in [6, 6.07) is 1.36. The molecule has 0 aromatic carbocycles. The average molecular weight is 86.2 g/mol. The maximum Gasteiger partial charge on any atom is 0.00319 e. The molecule has 0 unspecified atom stereocenters. The third-order valence-corrected chi connectivity index (χ3v) is 1.07. The summed E-state index contributed by atoms with van der Waals surface area (Å²) in [5, 5.41) is 0. The molecule has 0 radical (unpaired) electrons. The Labute approximate surface area is 36.3 Å². The van der Waals surface area contributed by atoms with E-state index in [1.165, 1.54) is 22.7 Å². The van der Waals surface area contributed by atoms with Gasteiger partial charge in [0.25, 0.3) is 0 Å². The van der Waals surface area contributed by atoms with Crippen molar-refractivity contribution in [1.29, 1.82) is 0 Å². The van der Waals surface area contributed by atoms with Crippen molar-refractivity contribution in [2.75, 3.05) is 0 Å². The van der Waals surface area contributed by atoms with Crippen LogP contribution in [0, 0.1) is 0 Å². The Morgan fingerprint density at radius 2 is 2.40 bits per heavy atom. The van der Waals surface area contributed by atoms with Crippen LogP contribution in [-0.2, 0) is 0 Å². The third-order valence-electron chi connectivity index (χ3n) is 0.493. The molecule has 0 aliphatic carbocycles. The molecule has 0 fully saturated rings. The summed E-state index contributed by atoms with van der Waals surface area (Å²) in [5.74, 6) is 0. The quantitative estimate of drug-likeness (QED) is 0.336. The highest BCUT2D eigenvalue weighted by Crippen LogP contribution is 1.79. The molecular formula is C4H10Si. The van der Waals surface area contributed by atoms with Crippen molar-refractivity contribution in [1.82, 2.24) is 0 Å². The van der Waals surface area contributed by atoms with Gasteiger partial charge in [-0.15, -0.1) is 6.58 Å². The summed E-state index contributed by atoms with van der Waals surface area (Å²) in [6.45, 7) is 3.57. The van der Waals surface area contributed by atoms with Crippen molar-refractivity contribution < 1.29 is 0 Å². The zero-order chi connectivity index (χ0) is 4.12. The Kier molecular flexibility index (Phi) is 3.92. The van der Waals surface area contributed by atoms with Gasteiger partial charge in [-0.1, -0.05) is 12.1 Å². The minimum absolute atomic E-state index is 1.21. The zero-order valence-electron chi connectivity index (χ0n) is 3.70. The molecule has 0 atom stereocenters. The first-order valence-electron chi connectivity index (χ1n) is 2.02. The van der Waals surface area contributed by atoms with E-state index in [-0.39, 0.29) is 0 Å². The molecule has 1 heteroatoms. The molecular weight excluding hydrogens is 76.1 g/mol. The highest BCUT2D eigenvalue weighted by molar-refractivity contribution is 6.08. The summed E-state index contributed by atoms with van der Waals surface area (Å²) < 4.78 is 0. The molecule has 0 spiro atoms. The van der Waals surface area contributed by atoms with E-state index >= 15 is 0 Å². The van der Waals surface area contributed by atoms with Crippen molar-refractivity contribution in [2.45, 2.75) is 12.5 Å². The van der Waals surface area contributed by atoms with Crippen molar-refractivity contribution in [2.24, 2.45) is 0 Å². The first-order chi connectivity index (χ1) is 2.41. The van der Waals surface area contributed by atoms with E-state index in [9.17, 15) is 0 Å². The number of rotatable bonds is 2. The van der Waals surface area contributed by atoms with E-state index < -0.39 is 0 Å². The van der Waals surface area contributed by atoms with Gasteiger partial charge in [0.1, 0.15) is 0 Å². The molecule has 0 saturated heterocycles. The van der Waals surface area contributed by atoms with Gasteiger partial charge in [0, 0.05) is 10.2 Å². The lowest BCUT2D eigenvalue weighted by atomic mass is 10.5. The molecule has 0 saturated carbocycles. The van der Waals surface area contributed by atoms with Gasteiger partial charge in [0.2, 0.25) is 0 Å². The smallest absolute Gasteiger partial charge is 0.00319 e.